The lowest BCUT2D eigenvalue weighted by Crippen LogP contribution is -2.36. The highest BCUT2D eigenvalue weighted by Crippen LogP contribution is 2.65. The SMILES string of the molecule is CCOP(=O)(OCC)C(F)(F)C(Cl)C(=C(C)C)S(=O)(=O)C1CC1. The van der Waals surface area contributed by atoms with Crippen LogP contribution in [-0.2, 0) is 23.4 Å². The maximum atomic E-state index is 14.7. The molecule has 0 amide bonds. The van der Waals surface area contributed by atoms with Crippen LogP contribution in [0.4, 0.5) is 8.78 Å². The van der Waals surface area contributed by atoms with E-state index < -0.39 is 38.6 Å². The molecule has 1 saturated carbocycles. The Bertz CT molecular complexity index is 602. The quantitative estimate of drug-likeness (QED) is 0.430. The summed E-state index contributed by atoms with van der Waals surface area (Å²) < 4.78 is 76.0. The molecule has 1 fully saturated rings. The largest absolute Gasteiger partial charge is 0.401 e. The van der Waals surface area contributed by atoms with E-state index in [1.54, 1.807) is 0 Å². The second-order valence-corrected chi connectivity index (χ2v) is 10.1. The highest BCUT2D eigenvalue weighted by atomic mass is 35.5. The Morgan fingerprint density at radius 2 is 1.70 bits per heavy atom. The van der Waals surface area contributed by atoms with E-state index in [-0.39, 0.29) is 18.8 Å². The van der Waals surface area contributed by atoms with E-state index >= 15 is 0 Å². The molecule has 1 aliphatic carbocycles. The highest BCUT2D eigenvalue weighted by molar-refractivity contribution is 7.96. The van der Waals surface area contributed by atoms with Gasteiger partial charge in [-0.25, -0.2) is 8.42 Å². The van der Waals surface area contributed by atoms with Crippen LogP contribution in [0.1, 0.15) is 40.5 Å². The molecule has 0 N–H and O–H groups in total. The van der Waals surface area contributed by atoms with E-state index in [1.165, 1.54) is 27.7 Å². The van der Waals surface area contributed by atoms with Crippen molar-refractivity contribution >= 4 is 29.0 Å². The maximum absolute atomic E-state index is 14.7. The molecule has 0 spiro atoms. The number of halogens is 3. The molecular formula is C13H22ClF2O5PS. The van der Waals surface area contributed by atoms with E-state index in [1.807, 2.05) is 0 Å². The van der Waals surface area contributed by atoms with Crippen molar-refractivity contribution in [2.45, 2.75) is 56.8 Å². The number of rotatable bonds is 9. The zero-order chi connectivity index (χ0) is 18.1. The minimum atomic E-state index is -4.92. The van der Waals surface area contributed by atoms with Gasteiger partial charge >= 0.3 is 13.3 Å². The molecule has 5 nitrogen and oxygen atoms in total. The number of alkyl halides is 3. The maximum Gasteiger partial charge on any atom is 0.401 e. The predicted octanol–water partition coefficient (Wildman–Crippen LogP) is 4.32. The minimum Gasteiger partial charge on any atom is -0.305 e. The van der Waals surface area contributed by atoms with Crippen LogP contribution in [0, 0.1) is 0 Å². The first-order chi connectivity index (χ1) is 10.5. The summed E-state index contributed by atoms with van der Waals surface area (Å²) in [6.07, 6.45) is 0.811. The number of hydrogen-bond donors (Lipinski definition) is 0. The van der Waals surface area contributed by atoms with Gasteiger partial charge in [-0.2, -0.15) is 8.78 Å². The van der Waals surface area contributed by atoms with Crippen molar-refractivity contribution in [1.29, 1.82) is 0 Å². The first-order valence-electron chi connectivity index (χ1n) is 7.28. The topological polar surface area (TPSA) is 69.7 Å². The van der Waals surface area contributed by atoms with Crippen molar-refractivity contribution in [1.82, 2.24) is 0 Å². The fourth-order valence-corrected chi connectivity index (χ4v) is 6.75. The fourth-order valence-electron chi connectivity index (χ4n) is 2.09. The van der Waals surface area contributed by atoms with Crippen molar-refractivity contribution in [2.75, 3.05) is 13.2 Å². The summed E-state index contributed by atoms with van der Waals surface area (Å²) in [5, 5.41) is -3.02. The van der Waals surface area contributed by atoms with E-state index in [4.69, 9.17) is 11.6 Å². The summed E-state index contributed by atoms with van der Waals surface area (Å²) in [5.74, 6) is 0. The van der Waals surface area contributed by atoms with Crippen LogP contribution in [-0.4, -0.2) is 37.9 Å². The Labute approximate surface area is 140 Å². The Morgan fingerprint density at radius 3 is 2.00 bits per heavy atom. The normalized spacial score (nSPS) is 17.9. The van der Waals surface area contributed by atoms with Crippen LogP contribution in [0.3, 0.4) is 0 Å². The monoisotopic (exact) mass is 394 g/mol. The molecule has 0 heterocycles. The molecule has 23 heavy (non-hydrogen) atoms. The van der Waals surface area contributed by atoms with Crippen LogP contribution in [0.2, 0.25) is 0 Å². The van der Waals surface area contributed by atoms with Gasteiger partial charge < -0.3 is 9.05 Å². The fraction of sp³-hybridized carbons (Fsp3) is 0.846. The van der Waals surface area contributed by atoms with Crippen molar-refractivity contribution in [3.05, 3.63) is 10.5 Å². The summed E-state index contributed by atoms with van der Waals surface area (Å²) >= 11 is 5.83. The number of allylic oxidation sites excluding steroid dienone is 2. The first-order valence-corrected chi connectivity index (χ1v) is 10.8. The molecule has 1 rings (SSSR count). The zero-order valence-corrected chi connectivity index (χ0v) is 16.0. The third kappa shape index (κ3) is 4.15. The molecule has 10 heteroatoms. The first kappa shape index (κ1) is 21.0. The molecule has 0 aromatic heterocycles. The highest BCUT2D eigenvalue weighted by Gasteiger charge is 2.62. The van der Waals surface area contributed by atoms with Gasteiger partial charge in [0.25, 0.3) is 0 Å². The van der Waals surface area contributed by atoms with Gasteiger partial charge in [0.2, 0.25) is 0 Å². The van der Waals surface area contributed by atoms with Crippen molar-refractivity contribution in [3.8, 4) is 0 Å². The van der Waals surface area contributed by atoms with Crippen molar-refractivity contribution in [2.24, 2.45) is 0 Å². The molecule has 136 valence electrons. The Hall–Kier alpha value is -0.0100. The third-order valence-electron chi connectivity index (χ3n) is 3.26. The number of sulfone groups is 1. The van der Waals surface area contributed by atoms with E-state index in [0.717, 1.165) is 0 Å². The van der Waals surface area contributed by atoms with Crippen molar-refractivity contribution < 1.29 is 30.8 Å². The average Bonchev–Trinajstić information content (AvgIpc) is 3.22. The molecule has 1 atom stereocenters. The molecule has 1 unspecified atom stereocenters. The van der Waals surface area contributed by atoms with Crippen molar-refractivity contribution in [3.63, 3.8) is 0 Å². The molecular weight excluding hydrogens is 373 g/mol. The van der Waals surface area contributed by atoms with Crippen LogP contribution in [0.15, 0.2) is 10.5 Å². The lowest BCUT2D eigenvalue weighted by atomic mass is 10.2. The molecule has 0 aliphatic heterocycles. The summed E-state index contributed by atoms with van der Waals surface area (Å²) in [6, 6.07) is 0. The van der Waals surface area contributed by atoms with Crippen LogP contribution in [0.25, 0.3) is 0 Å². The van der Waals surface area contributed by atoms with Gasteiger partial charge in [-0.1, -0.05) is 5.57 Å². The second-order valence-electron chi connectivity index (χ2n) is 5.39. The summed E-state index contributed by atoms with van der Waals surface area (Å²) in [6.45, 7) is 4.97. The van der Waals surface area contributed by atoms with Crippen LogP contribution >= 0.6 is 19.2 Å². The second kappa shape index (κ2) is 7.48. The molecule has 0 aromatic rings. The van der Waals surface area contributed by atoms with Gasteiger partial charge in [-0.05, 0) is 40.5 Å². The van der Waals surface area contributed by atoms with Gasteiger partial charge in [-0.3, -0.25) is 4.57 Å². The Kier molecular flexibility index (Phi) is 6.84. The average molecular weight is 395 g/mol. The van der Waals surface area contributed by atoms with E-state index in [0.29, 0.717) is 12.8 Å². The van der Waals surface area contributed by atoms with E-state index in [2.05, 4.69) is 9.05 Å². The number of hydrogen-bond acceptors (Lipinski definition) is 5. The minimum absolute atomic E-state index is 0.135. The van der Waals surface area contributed by atoms with Gasteiger partial charge in [0.05, 0.1) is 23.4 Å². The predicted molar refractivity (Wildman–Crippen MR) is 85.8 cm³/mol. The third-order valence-corrected chi connectivity index (χ3v) is 8.83. The van der Waals surface area contributed by atoms with Gasteiger partial charge in [0.15, 0.2) is 9.84 Å². The molecule has 0 bridgehead atoms. The van der Waals surface area contributed by atoms with E-state index in [9.17, 15) is 21.8 Å². The van der Waals surface area contributed by atoms with Gasteiger partial charge in [-0.15, -0.1) is 11.6 Å². The molecule has 0 saturated heterocycles. The molecule has 0 radical (unpaired) electrons. The zero-order valence-electron chi connectivity index (χ0n) is 13.5. The lowest BCUT2D eigenvalue weighted by molar-refractivity contribution is 0.0434. The molecule has 0 aromatic carbocycles. The smallest absolute Gasteiger partial charge is 0.305 e. The lowest BCUT2D eigenvalue weighted by Gasteiger charge is -2.30. The summed E-state index contributed by atoms with van der Waals surface area (Å²) in [4.78, 5) is -0.591. The Morgan fingerprint density at radius 1 is 1.26 bits per heavy atom. The van der Waals surface area contributed by atoms with Gasteiger partial charge in [0, 0.05) is 0 Å². The summed E-state index contributed by atoms with van der Waals surface area (Å²) in [7, 11) is -8.88. The van der Waals surface area contributed by atoms with Crippen LogP contribution < -0.4 is 0 Å². The summed E-state index contributed by atoms with van der Waals surface area (Å²) in [5.41, 5.74) is -4.04. The molecule has 1 aliphatic rings. The van der Waals surface area contributed by atoms with Gasteiger partial charge in [0.1, 0.15) is 5.38 Å². The van der Waals surface area contributed by atoms with Crippen LogP contribution in [0.5, 0.6) is 0 Å². The Balaban J connectivity index is 3.34. The standard InChI is InChI=1S/C13H22ClF2O5PS/c1-5-20-22(17,21-6-2)13(15,16)12(14)11(9(3)4)23(18,19)10-7-8-10/h10,12H,5-8H2,1-4H3.